The summed E-state index contributed by atoms with van der Waals surface area (Å²) in [6.07, 6.45) is 8.52. The summed E-state index contributed by atoms with van der Waals surface area (Å²) in [4.78, 5) is 4.52. The Morgan fingerprint density at radius 1 is 0.771 bits per heavy atom. The fourth-order valence-electron chi connectivity index (χ4n) is 4.20. The highest BCUT2D eigenvalue weighted by Gasteiger charge is 2.11. The van der Waals surface area contributed by atoms with Crippen molar-refractivity contribution in [2.24, 2.45) is 0 Å². The average molecular weight is 478 g/mol. The molecule has 2 nitrogen and oxygen atoms in total. The van der Waals surface area contributed by atoms with Gasteiger partial charge in [-0.1, -0.05) is 62.9 Å². The number of rotatable bonds is 11. The molecule has 0 fully saturated rings. The van der Waals surface area contributed by atoms with E-state index in [1.165, 1.54) is 31.7 Å². The summed E-state index contributed by atoms with van der Waals surface area (Å²) in [7, 11) is 0. The molecule has 4 aromatic rings. The lowest BCUT2D eigenvalue weighted by Crippen LogP contribution is -1.98. The van der Waals surface area contributed by atoms with Gasteiger partial charge in [0, 0.05) is 10.9 Å². The predicted octanol–water partition coefficient (Wildman–Crippen LogP) is 8.45. The summed E-state index contributed by atoms with van der Waals surface area (Å²) in [5, 5.41) is 1.31. The van der Waals surface area contributed by atoms with Gasteiger partial charge in [0.05, 0.1) is 18.5 Å². The first-order valence-electron chi connectivity index (χ1n) is 12.3. The van der Waals surface area contributed by atoms with E-state index in [9.17, 15) is 8.78 Å². The van der Waals surface area contributed by atoms with E-state index in [0.29, 0.717) is 36.0 Å². The van der Waals surface area contributed by atoms with E-state index >= 15 is 4.39 Å². The molecule has 0 aliphatic rings. The Labute approximate surface area is 204 Å². The molecule has 0 N–H and O–H groups in total. The van der Waals surface area contributed by atoms with Crippen LogP contribution < -0.4 is 4.74 Å². The topological polar surface area (TPSA) is 22.1 Å². The Kier molecular flexibility index (Phi) is 8.40. The minimum Gasteiger partial charge on any atom is -0.492 e. The summed E-state index contributed by atoms with van der Waals surface area (Å²) in [5.74, 6) is -1.30. The first-order valence-corrected chi connectivity index (χ1v) is 12.3. The fraction of sp³-hybridized carbons (Fsp3) is 0.300. The first-order chi connectivity index (χ1) is 17.0. The number of aromatic nitrogens is 1. The molecule has 3 aromatic carbocycles. The summed E-state index contributed by atoms with van der Waals surface area (Å²) < 4.78 is 47.5. The van der Waals surface area contributed by atoms with Crippen LogP contribution in [-0.4, -0.2) is 11.6 Å². The Morgan fingerprint density at radius 3 is 2.40 bits per heavy atom. The van der Waals surface area contributed by atoms with Crippen LogP contribution in [0.5, 0.6) is 5.75 Å². The third-order valence-electron chi connectivity index (χ3n) is 6.25. The van der Waals surface area contributed by atoms with Gasteiger partial charge in [-0.05, 0) is 66.1 Å². The molecule has 5 heteroatoms. The molecule has 0 unspecified atom stereocenters. The number of hydrogen-bond acceptors (Lipinski definition) is 2. The summed E-state index contributed by atoms with van der Waals surface area (Å²) in [5.41, 5.74) is 2.88. The van der Waals surface area contributed by atoms with Crippen LogP contribution in [0.3, 0.4) is 0 Å². The number of benzene rings is 3. The van der Waals surface area contributed by atoms with Crippen LogP contribution in [0.25, 0.3) is 22.0 Å². The number of halogens is 3. The second-order valence-corrected chi connectivity index (χ2v) is 8.86. The van der Waals surface area contributed by atoms with Crippen LogP contribution in [0.1, 0.15) is 50.2 Å². The van der Waals surface area contributed by atoms with E-state index in [4.69, 9.17) is 4.74 Å². The zero-order valence-corrected chi connectivity index (χ0v) is 20.0. The van der Waals surface area contributed by atoms with Gasteiger partial charge in [0.2, 0.25) is 0 Å². The highest BCUT2D eigenvalue weighted by atomic mass is 19.2. The maximum Gasteiger partial charge on any atom is 0.159 e. The third kappa shape index (κ3) is 6.41. The Morgan fingerprint density at radius 2 is 1.63 bits per heavy atom. The molecule has 1 heterocycles. The summed E-state index contributed by atoms with van der Waals surface area (Å²) >= 11 is 0. The zero-order chi connectivity index (χ0) is 24.6. The van der Waals surface area contributed by atoms with Gasteiger partial charge in [0.25, 0.3) is 0 Å². The van der Waals surface area contributed by atoms with Gasteiger partial charge in [-0.25, -0.2) is 13.2 Å². The molecule has 4 rings (SSSR count). The van der Waals surface area contributed by atoms with Gasteiger partial charge in [-0.2, -0.15) is 0 Å². The summed E-state index contributed by atoms with van der Waals surface area (Å²) in [6, 6.07) is 16.8. The number of fused-ring (bicyclic) bond motifs is 1. The quantitative estimate of drug-likeness (QED) is 0.202. The van der Waals surface area contributed by atoms with Crippen LogP contribution in [0, 0.1) is 17.5 Å². The van der Waals surface area contributed by atoms with Crippen molar-refractivity contribution in [1.29, 1.82) is 0 Å². The number of hydrogen-bond donors (Lipinski definition) is 0. The van der Waals surface area contributed by atoms with Crippen molar-refractivity contribution in [1.82, 2.24) is 4.98 Å². The largest absolute Gasteiger partial charge is 0.492 e. The number of nitrogens with zero attached hydrogens (tertiary/aromatic N) is 1. The molecule has 0 saturated carbocycles. The van der Waals surface area contributed by atoms with Gasteiger partial charge >= 0.3 is 0 Å². The highest BCUT2D eigenvalue weighted by molar-refractivity contribution is 5.88. The van der Waals surface area contributed by atoms with E-state index in [2.05, 4.69) is 11.9 Å². The molecule has 0 radical (unpaired) electrons. The molecule has 0 atom stereocenters. The lowest BCUT2D eigenvalue weighted by molar-refractivity contribution is 0.303. The van der Waals surface area contributed by atoms with Crippen molar-refractivity contribution in [2.45, 2.75) is 51.9 Å². The minimum absolute atomic E-state index is 0.285. The van der Waals surface area contributed by atoms with E-state index in [1.807, 2.05) is 30.3 Å². The molecule has 0 saturated heterocycles. The van der Waals surface area contributed by atoms with Gasteiger partial charge in [-0.3, -0.25) is 4.98 Å². The number of pyridine rings is 1. The van der Waals surface area contributed by atoms with Crippen molar-refractivity contribution >= 4 is 10.8 Å². The van der Waals surface area contributed by atoms with Crippen molar-refractivity contribution in [3.8, 4) is 17.0 Å². The molecular formula is C30H30F3NO. The smallest absolute Gasteiger partial charge is 0.159 e. The summed E-state index contributed by atoms with van der Waals surface area (Å²) in [6.45, 7) is 2.90. The Balaban J connectivity index is 1.40. The second-order valence-electron chi connectivity index (χ2n) is 8.86. The lowest BCUT2D eigenvalue weighted by atomic mass is 9.98. The Hall–Kier alpha value is -3.34. The van der Waals surface area contributed by atoms with Crippen molar-refractivity contribution < 1.29 is 17.9 Å². The third-order valence-corrected chi connectivity index (χ3v) is 6.25. The predicted molar refractivity (Wildman–Crippen MR) is 135 cm³/mol. The fourth-order valence-corrected chi connectivity index (χ4v) is 4.20. The van der Waals surface area contributed by atoms with E-state index < -0.39 is 11.6 Å². The molecule has 1 aromatic heterocycles. The molecule has 0 spiro atoms. The van der Waals surface area contributed by atoms with Gasteiger partial charge in [-0.15, -0.1) is 0 Å². The molecule has 0 aliphatic heterocycles. The Bertz CT molecular complexity index is 1270. The maximum absolute atomic E-state index is 15.2. The first kappa shape index (κ1) is 24.8. The van der Waals surface area contributed by atoms with Crippen LogP contribution in [0.4, 0.5) is 13.2 Å². The minimum atomic E-state index is -0.885. The number of unbranched alkanes of at least 4 members (excludes halogenated alkanes) is 4. The van der Waals surface area contributed by atoms with E-state index in [0.717, 1.165) is 40.9 Å². The van der Waals surface area contributed by atoms with Gasteiger partial charge < -0.3 is 4.74 Å². The SMILES string of the molecule is CCCCCCCOc1ccc(-c2ccc3c(F)c(CCc4ccc(F)c(F)c4)ccc3c2)nc1. The number of aryl methyl sites for hydroxylation is 2. The van der Waals surface area contributed by atoms with E-state index in [-0.39, 0.29) is 5.82 Å². The monoisotopic (exact) mass is 477 g/mol. The standard InChI is InChI=1S/C30H30F3NO/c1-2-3-4-5-6-17-35-25-13-16-29(34-20-25)24-12-14-26-23(19-24)11-10-22(30(26)33)9-7-21-8-15-27(31)28(32)18-21/h8,10-16,18-20H,2-7,9,17H2,1H3. The molecule has 0 bridgehead atoms. The highest BCUT2D eigenvalue weighted by Crippen LogP contribution is 2.28. The van der Waals surface area contributed by atoms with Crippen molar-refractivity contribution in [3.63, 3.8) is 0 Å². The molecule has 0 aliphatic carbocycles. The molecule has 0 amide bonds. The average Bonchev–Trinajstić information content (AvgIpc) is 2.88. The molecule has 182 valence electrons. The lowest BCUT2D eigenvalue weighted by Gasteiger charge is -2.10. The van der Waals surface area contributed by atoms with Crippen LogP contribution in [-0.2, 0) is 12.8 Å². The van der Waals surface area contributed by atoms with Crippen LogP contribution in [0.15, 0.2) is 66.9 Å². The molecule has 35 heavy (non-hydrogen) atoms. The zero-order valence-electron chi connectivity index (χ0n) is 20.0. The van der Waals surface area contributed by atoms with Crippen molar-refractivity contribution in [3.05, 3.63) is 95.4 Å². The number of ether oxygens (including phenoxy) is 1. The second kappa shape index (κ2) is 11.9. The maximum atomic E-state index is 15.2. The van der Waals surface area contributed by atoms with Gasteiger partial charge in [0.1, 0.15) is 11.6 Å². The van der Waals surface area contributed by atoms with Gasteiger partial charge in [0.15, 0.2) is 11.6 Å². The van der Waals surface area contributed by atoms with Crippen molar-refractivity contribution in [2.75, 3.05) is 6.61 Å². The van der Waals surface area contributed by atoms with Crippen LogP contribution in [0.2, 0.25) is 0 Å². The van der Waals surface area contributed by atoms with E-state index in [1.54, 1.807) is 18.3 Å². The normalized spacial score (nSPS) is 11.2. The van der Waals surface area contributed by atoms with Crippen LogP contribution >= 0.6 is 0 Å². The molecular weight excluding hydrogens is 447 g/mol.